The van der Waals surface area contributed by atoms with E-state index in [0.717, 1.165) is 71.9 Å². The average molecular weight is 793 g/mol. The number of carboxylic acids is 2. The van der Waals surface area contributed by atoms with E-state index in [9.17, 15) is 9.59 Å². The molecule has 0 aliphatic carbocycles. The molecule has 3 fully saturated rings. The first-order valence-corrected chi connectivity index (χ1v) is 17.6. The molecule has 0 aromatic heterocycles. The second-order valence-corrected chi connectivity index (χ2v) is 13.4. The van der Waals surface area contributed by atoms with Crippen molar-refractivity contribution < 1.29 is 64.9 Å². The van der Waals surface area contributed by atoms with Gasteiger partial charge in [0.05, 0.1) is 13.1 Å². The molecule has 0 amide bonds. The summed E-state index contributed by atoms with van der Waals surface area (Å²) < 4.78 is 0. The maximum absolute atomic E-state index is 11.1. The zero-order chi connectivity index (χ0) is 33.0. The zero-order valence-corrected chi connectivity index (χ0v) is 32.7. The van der Waals surface area contributed by atoms with Crippen LogP contribution in [0, 0.1) is 0 Å². The standard InChI is InChI=1S/C17H32N4O2.C17H28N4O2.2Mn.2H2O/c2*1-20(12-15-6-2-4-8-18-15)10-11-21(14-17(22)23)13-16-7-3-5-9-19-16;;;;/h15-16H,2-14H2,1H3,(H,22,23);3,5,7,9,15-16H,2,4,6,8,10-14H2,1H3,(H,22,23);;;2*1H2/q2*-2;;;;/p+2. The number of rotatable bonds is 18. The third-order valence-corrected chi connectivity index (χ3v) is 9.08. The van der Waals surface area contributed by atoms with Gasteiger partial charge in [-0.15, -0.1) is 37.8 Å². The first-order chi connectivity index (χ1) is 22.3. The van der Waals surface area contributed by atoms with Crippen molar-refractivity contribution in [3.8, 4) is 0 Å². The number of aliphatic carboxylic acids is 2. The summed E-state index contributed by atoms with van der Waals surface area (Å²) in [5, 5.41) is 36.6. The van der Waals surface area contributed by atoms with Gasteiger partial charge in [0.1, 0.15) is 0 Å². The van der Waals surface area contributed by atoms with Crippen molar-refractivity contribution in [3.05, 3.63) is 45.7 Å². The van der Waals surface area contributed by atoms with Crippen molar-refractivity contribution in [3.63, 3.8) is 0 Å². The number of hydrogen-bond acceptors (Lipinski definition) is 6. The largest absolute Gasteiger partial charge is 0.684 e. The molecule has 4 heterocycles. The summed E-state index contributed by atoms with van der Waals surface area (Å²) in [6.45, 7) is 9.79. The van der Waals surface area contributed by atoms with Crippen molar-refractivity contribution in [1.29, 1.82) is 0 Å². The molecule has 0 aromatic rings. The Kier molecular flexibility index (Phi) is 31.0. The van der Waals surface area contributed by atoms with Gasteiger partial charge in [-0.2, -0.15) is 6.20 Å². The molecule has 4 unspecified atom stereocenters. The molecule has 0 spiro atoms. The molecule has 4 rings (SSSR count). The fourth-order valence-corrected chi connectivity index (χ4v) is 6.52. The minimum atomic E-state index is -0.787. The van der Waals surface area contributed by atoms with Gasteiger partial charge in [-0.3, -0.25) is 19.4 Å². The van der Waals surface area contributed by atoms with Crippen LogP contribution in [0.4, 0.5) is 0 Å². The smallest absolute Gasteiger partial charge is 0.317 e. The first-order valence-electron chi connectivity index (χ1n) is 17.6. The Morgan fingerprint density at radius 3 is 1.40 bits per heavy atom. The zero-order valence-electron chi connectivity index (χ0n) is 30.4. The van der Waals surface area contributed by atoms with Crippen LogP contribution in [0.2, 0.25) is 0 Å². The van der Waals surface area contributed by atoms with E-state index < -0.39 is 11.9 Å². The van der Waals surface area contributed by atoms with E-state index in [4.69, 9.17) is 10.2 Å². The van der Waals surface area contributed by atoms with E-state index in [1.807, 2.05) is 23.1 Å². The van der Waals surface area contributed by atoms with Crippen LogP contribution in [0.3, 0.4) is 0 Å². The van der Waals surface area contributed by atoms with Gasteiger partial charge in [-0.25, -0.2) is 0 Å². The van der Waals surface area contributed by atoms with Crippen LogP contribution in [0.25, 0.3) is 21.3 Å². The molecule has 0 aromatic carbocycles. The molecule has 2 radical (unpaired) electrons. The Bertz CT molecular complexity index is 922. The molecule has 4 aliphatic rings. The second kappa shape index (κ2) is 30.4. The van der Waals surface area contributed by atoms with E-state index in [1.165, 1.54) is 51.4 Å². The molecule has 3 saturated heterocycles. The van der Waals surface area contributed by atoms with Gasteiger partial charge in [0.25, 0.3) is 0 Å². The molecule has 14 nitrogen and oxygen atoms in total. The number of nitrogens with zero attached hydrogens (tertiary/aromatic N) is 8. The number of carbonyl (C=O) groups is 2. The molecular weight excluding hydrogens is 726 g/mol. The number of carboxylic acid groups (broad SMARTS) is 2. The molecule has 4 atom stereocenters. The summed E-state index contributed by atoms with van der Waals surface area (Å²) in [6.07, 6.45) is 18.6. The van der Waals surface area contributed by atoms with Crippen LogP contribution in [0.5, 0.6) is 0 Å². The van der Waals surface area contributed by atoms with Crippen molar-refractivity contribution in [2.75, 3.05) is 99.2 Å². The average Bonchev–Trinajstić information content (AvgIpc) is 3.04. The maximum Gasteiger partial charge on any atom is 0.317 e. The number of allylic oxidation sites excluding steroid dienone is 2. The van der Waals surface area contributed by atoms with Crippen LogP contribution >= 0.6 is 0 Å². The maximum atomic E-state index is 11.1. The van der Waals surface area contributed by atoms with Crippen LogP contribution in [-0.2, 0) is 54.7 Å². The third kappa shape index (κ3) is 23.5. The summed E-state index contributed by atoms with van der Waals surface area (Å²) in [5.74, 6) is -1.53. The predicted octanol–water partition coefficient (Wildman–Crippen LogP) is 2.37. The summed E-state index contributed by atoms with van der Waals surface area (Å²) in [6, 6.07) is 1.29. The Hall–Kier alpha value is -1.10. The molecule has 8 N–H and O–H groups in total. The van der Waals surface area contributed by atoms with Crippen LogP contribution in [0.1, 0.15) is 57.8 Å². The summed E-state index contributed by atoms with van der Waals surface area (Å²) >= 11 is 0. The number of hydrogen-bond donors (Lipinski definition) is 2. The van der Waals surface area contributed by atoms with Crippen molar-refractivity contribution >= 4 is 11.9 Å². The fourth-order valence-electron chi connectivity index (χ4n) is 6.52. The van der Waals surface area contributed by atoms with Gasteiger partial charge < -0.3 is 52.2 Å². The SMILES string of the molecule is CN(CCN(CC(=O)O)CC1C=CC=C[N-]1)CC1CCCC[N-]1.CN(CCN(CC(=O)O)CC1CCCC[N-]1)CC1CCCC[N-]1.[Mn].[Mn].[OH3+].[OH3+]. The molecule has 4 aliphatic heterocycles. The van der Waals surface area contributed by atoms with Crippen LogP contribution in [-0.4, -0.2) is 165 Å². The quantitative estimate of drug-likeness (QED) is 0.155. The number of likely N-dealkylation sites (N-methyl/N-ethyl adjacent to an activating group) is 2. The Morgan fingerprint density at radius 1 is 0.620 bits per heavy atom. The molecule has 0 saturated carbocycles. The van der Waals surface area contributed by atoms with Gasteiger partial charge in [0, 0.05) is 60.3 Å². The van der Waals surface area contributed by atoms with E-state index in [2.05, 4.69) is 50.1 Å². The van der Waals surface area contributed by atoms with Gasteiger partial charge in [0.2, 0.25) is 0 Å². The van der Waals surface area contributed by atoms with E-state index in [-0.39, 0.29) is 64.2 Å². The Balaban J connectivity index is 0. The fraction of sp³-hybridized carbons (Fsp3) is 0.824. The van der Waals surface area contributed by atoms with Gasteiger partial charge in [-0.05, 0) is 40.3 Å². The molecule has 294 valence electrons. The predicted molar refractivity (Wildman–Crippen MR) is 196 cm³/mol. The van der Waals surface area contributed by atoms with Crippen LogP contribution in [0.15, 0.2) is 24.4 Å². The third-order valence-electron chi connectivity index (χ3n) is 9.08. The molecule has 50 heavy (non-hydrogen) atoms. The first kappa shape index (κ1) is 51.0. The molecule has 0 bridgehead atoms. The second-order valence-electron chi connectivity index (χ2n) is 13.4. The normalized spacial score (nSPS) is 23.0. The van der Waals surface area contributed by atoms with Gasteiger partial charge >= 0.3 is 11.9 Å². The van der Waals surface area contributed by atoms with Gasteiger partial charge in [0.15, 0.2) is 0 Å². The minimum Gasteiger partial charge on any atom is -0.684 e. The summed E-state index contributed by atoms with van der Waals surface area (Å²) in [5.41, 5.74) is 0. The Labute approximate surface area is 322 Å². The summed E-state index contributed by atoms with van der Waals surface area (Å²) in [7, 11) is 4.21. The Morgan fingerprint density at radius 2 is 1.04 bits per heavy atom. The van der Waals surface area contributed by atoms with Gasteiger partial charge in [-0.1, -0.05) is 82.1 Å². The van der Waals surface area contributed by atoms with Crippen LogP contribution < -0.4 is 0 Å². The van der Waals surface area contributed by atoms with Crippen molar-refractivity contribution in [2.45, 2.75) is 82.0 Å². The monoisotopic (exact) mass is 792 g/mol. The topological polar surface area (TPSA) is 210 Å². The van der Waals surface area contributed by atoms with E-state index >= 15 is 0 Å². The molecular formula is C34H66Mn2N8O6-2. The van der Waals surface area contributed by atoms with E-state index in [0.29, 0.717) is 24.7 Å². The van der Waals surface area contributed by atoms with Crippen molar-refractivity contribution in [1.82, 2.24) is 19.6 Å². The minimum absolute atomic E-state index is 0. The summed E-state index contributed by atoms with van der Waals surface area (Å²) in [4.78, 5) is 30.8. The molecule has 16 heteroatoms. The van der Waals surface area contributed by atoms with Crippen molar-refractivity contribution in [2.24, 2.45) is 0 Å². The van der Waals surface area contributed by atoms with E-state index in [1.54, 1.807) is 6.20 Å². The number of piperidine rings is 3.